The number of rotatable bonds is 7. The van der Waals surface area contributed by atoms with Crippen LogP contribution in [0.25, 0.3) is 0 Å². The number of hydrogen-bond acceptors (Lipinski definition) is 3. The molecule has 0 unspecified atom stereocenters. The van der Waals surface area contributed by atoms with Gasteiger partial charge in [-0.05, 0) is 37.5 Å². The normalized spacial score (nSPS) is 10.2. The second-order valence-electron chi connectivity index (χ2n) is 4.33. The highest BCUT2D eigenvalue weighted by molar-refractivity contribution is 5.94. The monoisotopic (exact) mass is 265 g/mol. The minimum absolute atomic E-state index is 0.109. The molecule has 0 aliphatic carbocycles. The van der Waals surface area contributed by atoms with Crippen molar-refractivity contribution in [2.24, 2.45) is 0 Å². The minimum atomic E-state index is -1.00. The fourth-order valence-corrected chi connectivity index (χ4v) is 1.63. The molecular formula is C14H19NO4. The molecule has 5 nitrogen and oxygen atoms in total. The first-order valence-electron chi connectivity index (χ1n) is 6.17. The Hall–Kier alpha value is -1.88. The quantitative estimate of drug-likeness (QED) is 0.742. The first-order valence-corrected chi connectivity index (χ1v) is 6.17. The van der Waals surface area contributed by atoms with Gasteiger partial charge in [-0.2, -0.15) is 0 Å². The lowest BCUT2D eigenvalue weighted by molar-refractivity contribution is -0.116. The van der Waals surface area contributed by atoms with Crippen molar-refractivity contribution in [1.29, 1.82) is 0 Å². The highest BCUT2D eigenvalue weighted by Crippen LogP contribution is 2.17. The van der Waals surface area contributed by atoms with E-state index in [9.17, 15) is 9.59 Å². The van der Waals surface area contributed by atoms with Crippen LogP contribution in [0.3, 0.4) is 0 Å². The van der Waals surface area contributed by atoms with Crippen LogP contribution in [0.15, 0.2) is 18.2 Å². The molecule has 1 aromatic carbocycles. The number of ether oxygens (including phenoxy) is 1. The average molecular weight is 265 g/mol. The molecule has 1 rings (SSSR count). The third-order valence-corrected chi connectivity index (χ3v) is 2.76. The van der Waals surface area contributed by atoms with Crippen LogP contribution < -0.4 is 5.32 Å². The number of carboxylic acid groups (broad SMARTS) is 1. The molecule has 5 heteroatoms. The molecule has 19 heavy (non-hydrogen) atoms. The second kappa shape index (κ2) is 7.53. The number of benzene rings is 1. The lowest BCUT2D eigenvalue weighted by Gasteiger charge is -2.09. The fourth-order valence-electron chi connectivity index (χ4n) is 1.63. The van der Waals surface area contributed by atoms with E-state index < -0.39 is 5.97 Å². The van der Waals surface area contributed by atoms with E-state index in [0.717, 1.165) is 18.4 Å². The van der Waals surface area contributed by atoms with Gasteiger partial charge < -0.3 is 15.2 Å². The zero-order valence-corrected chi connectivity index (χ0v) is 11.2. The molecule has 0 atom stereocenters. The summed E-state index contributed by atoms with van der Waals surface area (Å²) in [6.45, 7) is 2.47. The Morgan fingerprint density at radius 1 is 1.32 bits per heavy atom. The van der Waals surface area contributed by atoms with Crippen LogP contribution in [-0.2, 0) is 9.53 Å². The Kier molecular flexibility index (Phi) is 6.02. The zero-order chi connectivity index (χ0) is 14.3. The molecule has 0 saturated heterocycles. The summed E-state index contributed by atoms with van der Waals surface area (Å²) in [5.74, 6) is -1.11. The van der Waals surface area contributed by atoms with Gasteiger partial charge in [0.15, 0.2) is 0 Å². The molecule has 0 radical (unpaired) electrons. The summed E-state index contributed by atoms with van der Waals surface area (Å²) in [5.41, 5.74) is 1.56. The molecule has 1 amide bonds. The van der Waals surface area contributed by atoms with E-state index in [-0.39, 0.29) is 11.5 Å². The molecule has 0 heterocycles. The Morgan fingerprint density at radius 2 is 2.05 bits per heavy atom. The third-order valence-electron chi connectivity index (χ3n) is 2.76. The standard InChI is InChI=1S/C14H19NO4/c1-10-6-7-11(14(17)18)9-12(10)15-13(16)5-3-4-8-19-2/h6-7,9H,3-5,8H2,1-2H3,(H,15,16)(H,17,18). The smallest absolute Gasteiger partial charge is 0.335 e. The minimum Gasteiger partial charge on any atom is -0.478 e. The van der Waals surface area contributed by atoms with Gasteiger partial charge in [0.2, 0.25) is 5.91 Å². The summed E-state index contributed by atoms with van der Waals surface area (Å²) in [5, 5.41) is 11.6. The summed E-state index contributed by atoms with van der Waals surface area (Å²) < 4.78 is 4.91. The first-order chi connectivity index (χ1) is 9.04. The van der Waals surface area contributed by atoms with Crippen LogP contribution in [0, 0.1) is 6.92 Å². The number of anilines is 1. The van der Waals surface area contributed by atoms with Crippen LogP contribution >= 0.6 is 0 Å². The second-order valence-corrected chi connectivity index (χ2v) is 4.33. The van der Waals surface area contributed by atoms with Gasteiger partial charge in [0.05, 0.1) is 5.56 Å². The summed E-state index contributed by atoms with van der Waals surface area (Å²) in [7, 11) is 1.63. The molecule has 0 aromatic heterocycles. The van der Waals surface area contributed by atoms with Gasteiger partial charge in [-0.3, -0.25) is 4.79 Å². The first kappa shape index (κ1) is 15.2. The van der Waals surface area contributed by atoms with Crippen molar-refractivity contribution in [2.45, 2.75) is 26.2 Å². The van der Waals surface area contributed by atoms with Crippen molar-refractivity contribution in [3.63, 3.8) is 0 Å². The number of aryl methyl sites for hydroxylation is 1. The van der Waals surface area contributed by atoms with Gasteiger partial charge in [-0.15, -0.1) is 0 Å². The van der Waals surface area contributed by atoms with Crippen LogP contribution in [-0.4, -0.2) is 30.7 Å². The van der Waals surface area contributed by atoms with Crippen LogP contribution in [0.2, 0.25) is 0 Å². The van der Waals surface area contributed by atoms with Gasteiger partial charge in [0.25, 0.3) is 0 Å². The SMILES string of the molecule is COCCCCC(=O)Nc1cc(C(=O)O)ccc1C. The number of carboxylic acids is 1. The zero-order valence-electron chi connectivity index (χ0n) is 11.2. The number of carbonyl (C=O) groups excluding carboxylic acids is 1. The van der Waals surface area contributed by atoms with E-state index >= 15 is 0 Å². The molecular weight excluding hydrogens is 246 g/mol. The largest absolute Gasteiger partial charge is 0.478 e. The van der Waals surface area contributed by atoms with Crippen molar-refractivity contribution in [1.82, 2.24) is 0 Å². The van der Waals surface area contributed by atoms with Crippen LogP contribution in [0.4, 0.5) is 5.69 Å². The van der Waals surface area contributed by atoms with Gasteiger partial charge in [-0.1, -0.05) is 6.07 Å². The molecule has 0 aliphatic heterocycles. The molecule has 1 aromatic rings. The number of methoxy groups -OCH3 is 1. The number of nitrogens with one attached hydrogen (secondary N) is 1. The molecule has 104 valence electrons. The molecule has 0 saturated carbocycles. The van der Waals surface area contributed by atoms with Gasteiger partial charge in [0.1, 0.15) is 0 Å². The number of amides is 1. The van der Waals surface area contributed by atoms with E-state index in [4.69, 9.17) is 9.84 Å². The predicted octanol–water partition coefficient (Wildman–Crippen LogP) is 2.45. The number of carbonyl (C=O) groups is 2. The topological polar surface area (TPSA) is 75.6 Å². The van der Waals surface area contributed by atoms with E-state index in [0.29, 0.717) is 18.7 Å². The van der Waals surface area contributed by atoms with Crippen molar-refractivity contribution in [3.05, 3.63) is 29.3 Å². The predicted molar refractivity (Wildman–Crippen MR) is 72.5 cm³/mol. The Bertz CT molecular complexity index is 457. The Balaban J connectivity index is 2.58. The van der Waals surface area contributed by atoms with E-state index in [1.807, 2.05) is 6.92 Å². The highest BCUT2D eigenvalue weighted by atomic mass is 16.5. The molecule has 0 aliphatic rings. The maximum absolute atomic E-state index is 11.7. The van der Waals surface area contributed by atoms with Crippen molar-refractivity contribution in [3.8, 4) is 0 Å². The molecule has 0 fully saturated rings. The van der Waals surface area contributed by atoms with E-state index in [1.165, 1.54) is 12.1 Å². The molecule has 0 spiro atoms. The van der Waals surface area contributed by atoms with Crippen molar-refractivity contribution < 1.29 is 19.4 Å². The molecule has 2 N–H and O–H groups in total. The average Bonchev–Trinajstić information content (AvgIpc) is 2.37. The number of unbranched alkanes of at least 4 members (excludes halogenated alkanes) is 1. The summed E-state index contributed by atoms with van der Waals surface area (Å²) in [6, 6.07) is 4.68. The third kappa shape index (κ3) is 5.09. The van der Waals surface area contributed by atoms with Gasteiger partial charge >= 0.3 is 5.97 Å². The lowest BCUT2D eigenvalue weighted by atomic mass is 10.1. The number of aromatic carboxylic acids is 1. The summed E-state index contributed by atoms with van der Waals surface area (Å²) in [4.78, 5) is 22.6. The van der Waals surface area contributed by atoms with Crippen LogP contribution in [0.5, 0.6) is 0 Å². The van der Waals surface area contributed by atoms with E-state index in [1.54, 1.807) is 13.2 Å². The van der Waals surface area contributed by atoms with Crippen molar-refractivity contribution >= 4 is 17.6 Å². The number of hydrogen-bond donors (Lipinski definition) is 2. The lowest BCUT2D eigenvalue weighted by Crippen LogP contribution is -2.13. The van der Waals surface area contributed by atoms with Gasteiger partial charge in [0, 0.05) is 25.8 Å². The Labute approximate surface area is 112 Å². The van der Waals surface area contributed by atoms with Crippen molar-refractivity contribution in [2.75, 3.05) is 19.0 Å². The summed E-state index contributed by atoms with van der Waals surface area (Å²) >= 11 is 0. The highest BCUT2D eigenvalue weighted by Gasteiger charge is 2.08. The van der Waals surface area contributed by atoms with E-state index in [2.05, 4.69) is 5.32 Å². The fraction of sp³-hybridized carbons (Fsp3) is 0.429. The van der Waals surface area contributed by atoms with Gasteiger partial charge in [-0.25, -0.2) is 4.79 Å². The maximum Gasteiger partial charge on any atom is 0.335 e. The van der Waals surface area contributed by atoms with Crippen LogP contribution in [0.1, 0.15) is 35.2 Å². The summed E-state index contributed by atoms with van der Waals surface area (Å²) in [6.07, 6.45) is 1.98. The molecule has 0 bridgehead atoms. The Morgan fingerprint density at radius 3 is 2.68 bits per heavy atom. The maximum atomic E-state index is 11.7.